The number of carbonyl (C=O) groups excluding carboxylic acids is 1. The van der Waals surface area contributed by atoms with Crippen LogP contribution < -0.4 is 14.2 Å². The maximum absolute atomic E-state index is 13.0. The van der Waals surface area contributed by atoms with Gasteiger partial charge in [-0.1, -0.05) is 6.07 Å². The van der Waals surface area contributed by atoms with E-state index < -0.39 is 16.0 Å². The third-order valence-electron chi connectivity index (χ3n) is 5.30. The van der Waals surface area contributed by atoms with Gasteiger partial charge in [0.15, 0.2) is 18.1 Å². The van der Waals surface area contributed by atoms with E-state index in [4.69, 9.17) is 18.9 Å². The lowest BCUT2D eigenvalue weighted by Crippen LogP contribution is -2.48. The number of sulfonamides is 1. The fourth-order valence-electron chi connectivity index (χ4n) is 3.63. The van der Waals surface area contributed by atoms with Gasteiger partial charge in [0.25, 0.3) is 0 Å². The maximum Gasteiger partial charge on any atom is 0.344 e. The standard InChI is InChI=1S/C22H26N2O7S/c1-2-28-22(25)15-29-18-4-6-19(7-5-18)32(26,27)24-11-9-23(10-12-24)14-17-3-8-20-21(13-17)31-16-30-20/h3-8,13H,2,9-12,14-16H2,1H3. The van der Waals surface area contributed by atoms with Crippen LogP contribution in [0.4, 0.5) is 0 Å². The number of piperazine rings is 1. The van der Waals surface area contributed by atoms with Crippen LogP contribution in [0.2, 0.25) is 0 Å². The molecule has 0 N–H and O–H groups in total. The van der Waals surface area contributed by atoms with Gasteiger partial charge in [0.2, 0.25) is 16.8 Å². The molecule has 2 aliphatic heterocycles. The lowest BCUT2D eigenvalue weighted by Gasteiger charge is -2.34. The fourth-order valence-corrected chi connectivity index (χ4v) is 5.05. The largest absolute Gasteiger partial charge is 0.482 e. The molecule has 10 heteroatoms. The zero-order chi connectivity index (χ0) is 22.6. The third-order valence-corrected chi connectivity index (χ3v) is 7.21. The van der Waals surface area contributed by atoms with Gasteiger partial charge in [-0.25, -0.2) is 13.2 Å². The maximum atomic E-state index is 13.0. The molecule has 32 heavy (non-hydrogen) atoms. The first kappa shape index (κ1) is 22.4. The summed E-state index contributed by atoms with van der Waals surface area (Å²) in [5.74, 6) is 1.44. The Balaban J connectivity index is 1.31. The lowest BCUT2D eigenvalue weighted by molar-refractivity contribution is -0.145. The van der Waals surface area contributed by atoms with Crippen LogP contribution in [-0.2, 0) is 26.1 Å². The highest BCUT2D eigenvalue weighted by molar-refractivity contribution is 7.89. The molecule has 2 aliphatic rings. The molecule has 0 atom stereocenters. The number of rotatable bonds is 8. The first-order valence-corrected chi connectivity index (χ1v) is 11.9. The van der Waals surface area contributed by atoms with Crippen LogP contribution in [0.3, 0.4) is 0 Å². The van der Waals surface area contributed by atoms with E-state index in [1.807, 2.05) is 18.2 Å². The summed E-state index contributed by atoms with van der Waals surface area (Å²) in [4.78, 5) is 13.8. The Hall–Kier alpha value is -2.82. The second-order valence-electron chi connectivity index (χ2n) is 7.43. The number of fused-ring (bicyclic) bond motifs is 1. The van der Waals surface area contributed by atoms with Crippen LogP contribution >= 0.6 is 0 Å². The molecule has 2 aromatic carbocycles. The Bertz CT molecular complexity index is 1050. The Morgan fingerprint density at radius 3 is 2.44 bits per heavy atom. The molecule has 0 saturated carbocycles. The van der Waals surface area contributed by atoms with Gasteiger partial charge in [-0.15, -0.1) is 0 Å². The van der Waals surface area contributed by atoms with E-state index in [0.29, 0.717) is 31.9 Å². The van der Waals surface area contributed by atoms with Gasteiger partial charge in [0.05, 0.1) is 11.5 Å². The topological polar surface area (TPSA) is 94.6 Å². The highest BCUT2D eigenvalue weighted by Crippen LogP contribution is 2.33. The molecule has 0 spiro atoms. The monoisotopic (exact) mass is 462 g/mol. The van der Waals surface area contributed by atoms with Gasteiger partial charge in [-0.2, -0.15) is 4.31 Å². The zero-order valence-corrected chi connectivity index (χ0v) is 18.7. The van der Waals surface area contributed by atoms with E-state index in [0.717, 1.165) is 23.6 Å². The molecule has 0 bridgehead atoms. The van der Waals surface area contributed by atoms with Crippen molar-refractivity contribution < 1.29 is 32.2 Å². The normalized spacial score (nSPS) is 16.7. The quantitative estimate of drug-likeness (QED) is 0.549. The SMILES string of the molecule is CCOC(=O)COc1ccc(S(=O)(=O)N2CCN(Cc3ccc4c(c3)OCO4)CC2)cc1. The smallest absolute Gasteiger partial charge is 0.344 e. The molecule has 4 rings (SSSR count). The first-order chi connectivity index (χ1) is 15.5. The number of hydrogen-bond acceptors (Lipinski definition) is 8. The van der Waals surface area contributed by atoms with Gasteiger partial charge in [-0.3, -0.25) is 4.90 Å². The van der Waals surface area contributed by atoms with Crippen molar-refractivity contribution in [3.63, 3.8) is 0 Å². The molecule has 9 nitrogen and oxygen atoms in total. The second kappa shape index (κ2) is 9.76. The molecule has 2 aromatic rings. The molecule has 1 saturated heterocycles. The summed E-state index contributed by atoms with van der Waals surface area (Å²) in [6, 6.07) is 11.9. The number of esters is 1. The molecule has 1 fully saturated rings. The summed E-state index contributed by atoms with van der Waals surface area (Å²) in [7, 11) is -3.60. The molecule has 172 valence electrons. The van der Waals surface area contributed by atoms with Crippen molar-refractivity contribution in [1.29, 1.82) is 0 Å². The van der Waals surface area contributed by atoms with Crippen LogP contribution in [0.5, 0.6) is 17.2 Å². The summed E-state index contributed by atoms with van der Waals surface area (Å²) >= 11 is 0. The van der Waals surface area contributed by atoms with E-state index in [1.54, 1.807) is 19.1 Å². The van der Waals surface area contributed by atoms with Gasteiger partial charge in [-0.05, 0) is 48.9 Å². The second-order valence-corrected chi connectivity index (χ2v) is 9.37. The van der Waals surface area contributed by atoms with Crippen molar-refractivity contribution >= 4 is 16.0 Å². The Kier molecular flexibility index (Phi) is 6.83. The molecular weight excluding hydrogens is 436 g/mol. The average Bonchev–Trinajstić information content (AvgIpc) is 3.26. The summed E-state index contributed by atoms with van der Waals surface area (Å²) in [5.41, 5.74) is 1.10. The van der Waals surface area contributed by atoms with Crippen LogP contribution in [-0.4, -0.2) is 69.8 Å². The zero-order valence-electron chi connectivity index (χ0n) is 17.9. The van der Waals surface area contributed by atoms with Crippen molar-refractivity contribution in [3.8, 4) is 17.2 Å². The van der Waals surface area contributed by atoms with E-state index in [2.05, 4.69) is 4.90 Å². The molecular formula is C22H26N2O7S. The van der Waals surface area contributed by atoms with Gasteiger partial charge >= 0.3 is 5.97 Å². The molecule has 0 aromatic heterocycles. The van der Waals surface area contributed by atoms with E-state index in [1.165, 1.54) is 16.4 Å². The van der Waals surface area contributed by atoms with Gasteiger partial charge in [0.1, 0.15) is 5.75 Å². The minimum absolute atomic E-state index is 0.199. The predicted octanol–water partition coefficient (Wildman–Crippen LogP) is 1.86. The van der Waals surface area contributed by atoms with Crippen molar-refractivity contribution in [1.82, 2.24) is 9.21 Å². The average molecular weight is 463 g/mol. The number of ether oxygens (including phenoxy) is 4. The number of hydrogen-bond donors (Lipinski definition) is 0. The number of benzene rings is 2. The van der Waals surface area contributed by atoms with Crippen LogP contribution in [0, 0.1) is 0 Å². The highest BCUT2D eigenvalue weighted by Gasteiger charge is 2.28. The van der Waals surface area contributed by atoms with Crippen molar-refractivity contribution in [2.24, 2.45) is 0 Å². The minimum Gasteiger partial charge on any atom is -0.482 e. The number of nitrogens with zero attached hydrogens (tertiary/aromatic N) is 2. The first-order valence-electron chi connectivity index (χ1n) is 10.5. The fraction of sp³-hybridized carbons (Fsp3) is 0.409. The molecule has 0 radical (unpaired) electrons. The summed E-state index contributed by atoms with van der Waals surface area (Å²) in [5, 5.41) is 0. The Morgan fingerprint density at radius 1 is 1.00 bits per heavy atom. The molecule has 0 aliphatic carbocycles. The van der Waals surface area contributed by atoms with E-state index in [9.17, 15) is 13.2 Å². The van der Waals surface area contributed by atoms with Gasteiger partial charge in [0, 0.05) is 32.7 Å². The number of carbonyl (C=O) groups is 1. The van der Waals surface area contributed by atoms with Crippen LogP contribution in [0.25, 0.3) is 0 Å². The van der Waals surface area contributed by atoms with E-state index in [-0.39, 0.29) is 24.9 Å². The molecule has 0 amide bonds. The highest BCUT2D eigenvalue weighted by atomic mass is 32.2. The summed E-state index contributed by atoms with van der Waals surface area (Å²) in [6.07, 6.45) is 0. The van der Waals surface area contributed by atoms with Crippen molar-refractivity contribution in [2.75, 3.05) is 46.2 Å². The Morgan fingerprint density at radius 2 is 1.72 bits per heavy atom. The molecule has 0 unspecified atom stereocenters. The minimum atomic E-state index is -3.60. The van der Waals surface area contributed by atoms with E-state index >= 15 is 0 Å². The van der Waals surface area contributed by atoms with Crippen LogP contribution in [0.1, 0.15) is 12.5 Å². The van der Waals surface area contributed by atoms with Crippen LogP contribution in [0.15, 0.2) is 47.4 Å². The predicted molar refractivity (Wildman–Crippen MR) is 115 cm³/mol. The lowest BCUT2D eigenvalue weighted by atomic mass is 10.2. The summed E-state index contributed by atoms with van der Waals surface area (Å²) < 4.78 is 48.4. The third kappa shape index (κ3) is 5.14. The Labute approximate surface area is 187 Å². The van der Waals surface area contributed by atoms with Gasteiger partial charge < -0.3 is 18.9 Å². The van der Waals surface area contributed by atoms with Crippen molar-refractivity contribution in [3.05, 3.63) is 48.0 Å². The summed E-state index contributed by atoms with van der Waals surface area (Å²) in [6.45, 7) is 4.83. The molecule has 2 heterocycles. The van der Waals surface area contributed by atoms with Crippen molar-refractivity contribution in [2.45, 2.75) is 18.4 Å².